The highest BCUT2D eigenvalue weighted by molar-refractivity contribution is 6.17. The van der Waals surface area contributed by atoms with Gasteiger partial charge in [0, 0.05) is 29.2 Å². The van der Waals surface area contributed by atoms with E-state index in [0.29, 0.717) is 0 Å². The lowest BCUT2D eigenvalue weighted by atomic mass is 9.90. The smallest absolute Gasteiger partial charge is 0.102 e. The van der Waals surface area contributed by atoms with Crippen LogP contribution in [0, 0.1) is 11.3 Å². The van der Waals surface area contributed by atoms with Crippen LogP contribution in [0.5, 0.6) is 0 Å². The molecule has 1 aromatic heterocycles. The van der Waals surface area contributed by atoms with Gasteiger partial charge < -0.3 is 4.90 Å². The monoisotopic (exact) mass is 413 g/mol. The van der Waals surface area contributed by atoms with Gasteiger partial charge in [0.2, 0.25) is 0 Å². The van der Waals surface area contributed by atoms with Crippen molar-refractivity contribution in [2.75, 3.05) is 18.0 Å². The lowest BCUT2D eigenvalue weighted by Crippen LogP contribution is -2.30. The molecule has 0 saturated carbocycles. The first-order valence-electron chi connectivity index (χ1n) is 11.3. The number of piperidine rings is 1. The van der Waals surface area contributed by atoms with E-state index in [1.165, 1.54) is 30.4 Å². The second kappa shape index (κ2) is 7.66. The average Bonchev–Trinajstić information content (AvgIpc) is 2.87. The number of anilines is 1. The molecule has 0 unspecified atom stereocenters. The molecular formula is C29H23N3. The average molecular weight is 414 g/mol. The van der Waals surface area contributed by atoms with Crippen molar-refractivity contribution < 1.29 is 0 Å². The molecule has 4 aromatic carbocycles. The number of fused-ring (bicyclic) bond motifs is 4. The van der Waals surface area contributed by atoms with Crippen molar-refractivity contribution in [3.05, 3.63) is 84.4 Å². The van der Waals surface area contributed by atoms with Crippen LogP contribution in [-0.2, 0) is 0 Å². The van der Waals surface area contributed by atoms with Gasteiger partial charge in [-0.2, -0.15) is 5.26 Å². The molecule has 2 heterocycles. The standard InChI is InChI=1S/C29H23N3/c30-19-25-28(32-15-7-2-8-16-32)18-23(20-9-3-1-4-10-20)22-13-14-27-24(29(22)25)17-21-11-5-6-12-26(21)31-27/h1,3-6,9-14,17-18H,2,7-8,15-16H2. The summed E-state index contributed by atoms with van der Waals surface area (Å²) in [5.41, 5.74) is 6.09. The van der Waals surface area contributed by atoms with Gasteiger partial charge in [-0.15, -0.1) is 0 Å². The number of rotatable bonds is 2. The molecule has 1 fully saturated rings. The lowest BCUT2D eigenvalue weighted by molar-refractivity contribution is 0.578. The fourth-order valence-corrected chi connectivity index (χ4v) is 5.11. The zero-order valence-corrected chi connectivity index (χ0v) is 17.9. The maximum atomic E-state index is 10.4. The topological polar surface area (TPSA) is 39.9 Å². The molecule has 0 spiro atoms. The van der Waals surface area contributed by atoms with Crippen molar-refractivity contribution in [2.45, 2.75) is 19.3 Å². The summed E-state index contributed by atoms with van der Waals surface area (Å²) < 4.78 is 0. The summed E-state index contributed by atoms with van der Waals surface area (Å²) in [6, 6.07) is 30.0. The van der Waals surface area contributed by atoms with Crippen molar-refractivity contribution in [3.8, 4) is 17.2 Å². The lowest BCUT2D eigenvalue weighted by Gasteiger charge is -2.31. The van der Waals surface area contributed by atoms with Gasteiger partial charge in [-0.25, -0.2) is 4.98 Å². The van der Waals surface area contributed by atoms with Gasteiger partial charge in [0.25, 0.3) is 0 Å². The molecule has 0 aliphatic carbocycles. The first-order valence-corrected chi connectivity index (χ1v) is 11.3. The van der Waals surface area contributed by atoms with Gasteiger partial charge >= 0.3 is 0 Å². The molecule has 5 aromatic rings. The van der Waals surface area contributed by atoms with Crippen molar-refractivity contribution in [1.29, 1.82) is 5.26 Å². The molecule has 0 radical (unpaired) electrons. The Hall–Kier alpha value is -3.90. The number of hydrogen-bond donors (Lipinski definition) is 0. The second-order valence-corrected chi connectivity index (χ2v) is 8.58. The minimum absolute atomic E-state index is 0.768. The Balaban J connectivity index is 1.77. The third kappa shape index (κ3) is 2.99. The highest BCUT2D eigenvalue weighted by Crippen LogP contribution is 2.41. The Kier molecular flexibility index (Phi) is 4.51. The number of aromatic nitrogens is 1. The Labute approximate surface area is 187 Å². The van der Waals surface area contributed by atoms with Crippen LogP contribution >= 0.6 is 0 Å². The van der Waals surface area contributed by atoms with Crippen LogP contribution in [0.15, 0.2) is 78.9 Å². The molecule has 0 N–H and O–H groups in total. The second-order valence-electron chi connectivity index (χ2n) is 8.58. The maximum Gasteiger partial charge on any atom is 0.102 e. The predicted octanol–water partition coefficient (Wildman–Crippen LogP) is 7.07. The van der Waals surface area contributed by atoms with E-state index >= 15 is 0 Å². The number of hydrogen-bond acceptors (Lipinski definition) is 3. The molecule has 154 valence electrons. The Morgan fingerprint density at radius 1 is 0.750 bits per heavy atom. The highest BCUT2D eigenvalue weighted by Gasteiger charge is 2.21. The van der Waals surface area contributed by atoms with Crippen molar-refractivity contribution >= 4 is 38.3 Å². The number of nitriles is 1. The highest BCUT2D eigenvalue weighted by atomic mass is 15.1. The molecule has 0 amide bonds. The van der Waals surface area contributed by atoms with Crippen LogP contribution in [0.2, 0.25) is 0 Å². The van der Waals surface area contributed by atoms with E-state index in [4.69, 9.17) is 4.98 Å². The van der Waals surface area contributed by atoms with Crippen LogP contribution in [0.4, 0.5) is 5.69 Å². The predicted molar refractivity (Wildman–Crippen MR) is 133 cm³/mol. The molecule has 1 aliphatic rings. The van der Waals surface area contributed by atoms with E-state index in [1.54, 1.807) is 0 Å². The first kappa shape index (κ1) is 18.8. The maximum absolute atomic E-state index is 10.4. The molecule has 1 aliphatic heterocycles. The molecule has 3 nitrogen and oxygen atoms in total. The summed E-state index contributed by atoms with van der Waals surface area (Å²) >= 11 is 0. The summed E-state index contributed by atoms with van der Waals surface area (Å²) in [5.74, 6) is 0. The Morgan fingerprint density at radius 3 is 2.34 bits per heavy atom. The van der Waals surface area contributed by atoms with Gasteiger partial charge in [-0.3, -0.25) is 0 Å². The van der Waals surface area contributed by atoms with Crippen molar-refractivity contribution in [1.82, 2.24) is 4.98 Å². The molecule has 0 bridgehead atoms. The third-order valence-electron chi connectivity index (χ3n) is 6.67. The van der Waals surface area contributed by atoms with Gasteiger partial charge in [0.05, 0.1) is 22.3 Å². The fraction of sp³-hybridized carbons (Fsp3) is 0.172. The van der Waals surface area contributed by atoms with Crippen LogP contribution in [0.25, 0.3) is 43.7 Å². The van der Waals surface area contributed by atoms with Gasteiger partial charge in [-0.05, 0) is 60.0 Å². The summed E-state index contributed by atoms with van der Waals surface area (Å²) in [6.45, 7) is 2.00. The normalized spacial score (nSPS) is 14.2. The van der Waals surface area contributed by atoms with Crippen molar-refractivity contribution in [2.24, 2.45) is 0 Å². The van der Waals surface area contributed by atoms with E-state index in [-0.39, 0.29) is 0 Å². The third-order valence-corrected chi connectivity index (χ3v) is 6.67. The Morgan fingerprint density at radius 2 is 1.53 bits per heavy atom. The van der Waals surface area contributed by atoms with Crippen LogP contribution in [0.1, 0.15) is 24.8 Å². The van der Waals surface area contributed by atoms with Gasteiger partial charge in [0.15, 0.2) is 0 Å². The van der Waals surface area contributed by atoms with E-state index in [0.717, 1.165) is 56.9 Å². The number of para-hydroxylation sites is 1. The first-order chi connectivity index (χ1) is 15.8. The van der Waals surface area contributed by atoms with Crippen LogP contribution in [-0.4, -0.2) is 18.1 Å². The zero-order valence-electron chi connectivity index (χ0n) is 17.9. The number of benzene rings is 4. The van der Waals surface area contributed by atoms with E-state index in [1.807, 2.05) is 24.3 Å². The van der Waals surface area contributed by atoms with Gasteiger partial charge in [-0.1, -0.05) is 54.6 Å². The zero-order chi connectivity index (χ0) is 21.5. The molecular weight excluding hydrogens is 390 g/mol. The molecule has 6 rings (SSSR count). The molecule has 0 atom stereocenters. The van der Waals surface area contributed by atoms with Gasteiger partial charge in [0.1, 0.15) is 6.07 Å². The molecule has 1 saturated heterocycles. The van der Waals surface area contributed by atoms with Crippen molar-refractivity contribution in [3.63, 3.8) is 0 Å². The van der Waals surface area contributed by atoms with E-state index < -0.39 is 0 Å². The quantitative estimate of drug-likeness (QED) is 0.229. The molecule has 32 heavy (non-hydrogen) atoms. The fourth-order valence-electron chi connectivity index (χ4n) is 5.11. The number of pyridine rings is 1. The summed E-state index contributed by atoms with van der Waals surface area (Å²) in [5, 5.41) is 14.7. The van der Waals surface area contributed by atoms with Crippen LogP contribution in [0.3, 0.4) is 0 Å². The van der Waals surface area contributed by atoms with E-state index in [9.17, 15) is 5.26 Å². The van der Waals surface area contributed by atoms with E-state index in [2.05, 4.69) is 65.6 Å². The van der Waals surface area contributed by atoms with Crippen LogP contribution < -0.4 is 4.90 Å². The minimum atomic E-state index is 0.768. The largest absolute Gasteiger partial charge is 0.370 e. The molecule has 3 heteroatoms. The minimum Gasteiger partial charge on any atom is -0.370 e. The number of nitrogens with zero attached hydrogens (tertiary/aromatic N) is 3. The SMILES string of the molecule is N#Cc1c(N2CCCCC2)cc(-c2ccccc2)c2ccc3nc4ccccc4cc3c12. The summed E-state index contributed by atoms with van der Waals surface area (Å²) in [4.78, 5) is 7.33. The Bertz CT molecular complexity index is 1510. The summed E-state index contributed by atoms with van der Waals surface area (Å²) in [7, 11) is 0. The summed E-state index contributed by atoms with van der Waals surface area (Å²) in [6.07, 6.45) is 3.60.